The summed E-state index contributed by atoms with van der Waals surface area (Å²) in [5, 5.41) is 5.19. The Labute approximate surface area is 167 Å². The lowest BCUT2D eigenvalue weighted by Crippen LogP contribution is -2.40. The number of carbonyl (C=O) groups excluding carboxylic acids is 1. The fourth-order valence-electron chi connectivity index (χ4n) is 3.52. The van der Waals surface area contributed by atoms with Crippen molar-refractivity contribution < 1.29 is 9.18 Å². The van der Waals surface area contributed by atoms with E-state index in [-0.39, 0.29) is 23.6 Å². The van der Waals surface area contributed by atoms with Gasteiger partial charge in [0.1, 0.15) is 23.7 Å². The molecule has 146 valence electrons. The summed E-state index contributed by atoms with van der Waals surface area (Å²) in [6.07, 6.45) is 4.39. The number of piperidine rings is 1. The van der Waals surface area contributed by atoms with E-state index in [9.17, 15) is 9.18 Å². The smallest absolute Gasteiger partial charge is 0.246 e. The number of nitrogens with two attached hydrogens (primary N) is 1. The summed E-state index contributed by atoms with van der Waals surface area (Å²) in [4.78, 5) is 22.2. The standard InChI is InChI=1S/C21H19FN6O/c1-2-18(29)27-10-4-7-16(12-27)28-21-19(20(23)24-13-25-21)17(26-28)9-8-14-5-3-6-15(22)11-14/h2-3,5-6,11,13,16H,1,4,7,10,12H2,(H2,23,24,25). The molecule has 0 radical (unpaired) electrons. The van der Waals surface area contributed by atoms with Crippen LogP contribution in [0.5, 0.6) is 0 Å². The average Bonchev–Trinajstić information content (AvgIpc) is 3.12. The summed E-state index contributed by atoms with van der Waals surface area (Å²) in [5.74, 6) is 5.71. The number of anilines is 1. The zero-order chi connectivity index (χ0) is 20.4. The highest BCUT2D eigenvalue weighted by Gasteiger charge is 2.27. The monoisotopic (exact) mass is 390 g/mol. The molecule has 2 aromatic heterocycles. The predicted molar refractivity (Wildman–Crippen MR) is 107 cm³/mol. The minimum Gasteiger partial charge on any atom is -0.383 e. The molecule has 0 spiro atoms. The highest BCUT2D eigenvalue weighted by molar-refractivity contribution is 5.90. The number of fused-ring (bicyclic) bond motifs is 1. The van der Waals surface area contributed by atoms with Crippen LogP contribution in [0.15, 0.2) is 43.2 Å². The van der Waals surface area contributed by atoms with Gasteiger partial charge in [-0.25, -0.2) is 19.0 Å². The highest BCUT2D eigenvalue weighted by Crippen LogP contribution is 2.28. The molecule has 3 heterocycles. The molecule has 1 aromatic carbocycles. The van der Waals surface area contributed by atoms with Crippen LogP contribution in [-0.4, -0.2) is 43.6 Å². The molecule has 7 nitrogen and oxygen atoms in total. The molecule has 1 atom stereocenters. The molecule has 1 fully saturated rings. The van der Waals surface area contributed by atoms with E-state index in [1.54, 1.807) is 21.7 Å². The molecule has 1 aliphatic heterocycles. The molecule has 1 amide bonds. The number of nitrogen functional groups attached to an aromatic ring is 1. The Morgan fingerprint density at radius 2 is 2.21 bits per heavy atom. The van der Waals surface area contributed by atoms with Crippen molar-refractivity contribution in [3.63, 3.8) is 0 Å². The van der Waals surface area contributed by atoms with Crippen molar-refractivity contribution in [3.8, 4) is 11.8 Å². The molecule has 2 N–H and O–H groups in total. The van der Waals surface area contributed by atoms with Gasteiger partial charge in [0.15, 0.2) is 5.65 Å². The lowest BCUT2D eigenvalue weighted by Gasteiger charge is -2.32. The lowest BCUT2D eigenvalue weighted by molar-refractivity contribution is -0.127. The summed E-state index contributed by atoms with van der Waals surface area (Å²) < 4.78 is 15.2. The van der Waals surface area contributed by atoms with Gasteiger partial charge in [0, 0.05) is 18.7 Å². The third-order valence-corrected chi connectivity index (χ3v) is 4.90. The van der Waals surface area contributed by atoms with E-state index in [0.29, 0.717) is 35.4 Å². The number of hydrogen-bond donors (Lipinski definition) is 1. The van der Waals surface area contributed by atoms with Gasteiger partial charge in [-0.2, -0.15) is 5.10 Å². The zero-order valence-electron chi connectivity index (χ0n) is 15.7. The maximum absolute atomic E-state index is 13.4. The van der Waals surface area contributed by atoms with Crippen LogP contribution in [0.1, 0.15) is 30.1 Å². The normalized spacial score (nSPS) is 16.3. The van der Waals surface area contributed by atoms with Gasteiger partial charge in [0.25, 0.3) is 0 Å². The second-order valence-electron chi connectivity index (χ2n) is 6.80. The van der Waals surface area contributed by atoms with Crippen molar-refractivity contribution in [3.05, 3.63) is 60.3 Å². The number of aromatic nitrogens is 4. The quantitative estimate of drug-likeness (QED) is 0.536. The van der Waals surface area contributed by atoms with Gasteiger partial charge in [0.05, 0.1) is 11.4 Å². The summed E-state index contributed by atoms with van der Waals surface area (Å²) >= 11 is 0. The third-order valence-electron chi connectivity index (χ3n) is 4.90. The summed E-state index contributed by atoms with van der Waals surface area (Å²) in [6.45, 7) is 4.75. The Morgan fingerprint density at radius 1 is 1.34 bits per heavy atom. The van der Waals surface area contributed by atoms with E-state index < -0.39 is 0 Å². The lowest BCUT2D eigenvalue weighted by atomic mass is 10.1. The van der Waals surface area contributed by atoms with Crippen molar-refractivity contribution >= 4 is 22.8 Å². The molecular formula is C21H19FN6O. The van der Waals surface area contributed by atoms with Crippen molar-refractivity contribution in [2.24, 2.45) is 0 Å². The molecular weight excluding hydrogens is 371 g/mol. The number of likely N-dealkylation sites (tertiary alicyclic amines) is 1. The number of benzene rings is 1. The van der Waals surface area contributed by atoms with Crippen molar-refractivity contribution in [2.75, 3.05) is 18.8 Å². The fraction of sp³-hybridized carbons (Fsp3) is 0.238. The summed E-state index contributed by atoms with van der Waals surface area (Å²) in [5.41, 5.74) is 7.61. The Bertz CT molecular complexity index is 1160. The molecule has 3 aromatic rings. The number of hydrogen-bond acceptors (Lipinski definition) is 5. The molecule has 1 aliphatic rings. The highest BCUT2D eigenvalue weighted by atomic mass is 19.1. The maximum Gasteiger partial charge on any atom is 0.246 e. The largest absolute Gasteiger partial charge is 0.383 e. The molecule has 4 rings (SSSR count). The van der Waals surface area contributed by atoms with Crippen LogP contribution >= 0.6 is 0 Å². The van der Waals surface area contributed by atoms with E-state index in [2.05, 4.69) is 33.5 Å². The predicted octanol–water partition coefficient (Wildman–Crippen LogP) is 2.30. The minimum atomic E-state index is -0.357. The number of rotatable bonds is 2. The SMILES string of the molecule is C=CC(=O)N1CCCC(n2nc(C#Cc3cccc(F)c3)c3c(N)ncnc32)C1. The van der Waals surface area contributed by atoms with Crippen molar-refractivity contribution in [1.82, 2.24) is 24.6 Å². The molecule has 29 heavy (non-hydrogen) atoms. The van der Waals surface area contributed by atoms with Crippen LogP contribution in [0.3, 0.4) is 0 Å². The van der Waals surface area contributed by atoms with Gasteiger partial charge in [-0.05, 0) is 43.0 Å². The van der Waals surface area contributed by atoms with Crippen LogP contribution in [0.4, 0.5) is 10.2 Å². The van der Waals surface area contributed by atoms with E-state index in [0.717, 1.165) is 12.8 Å². The number of carbonyl (C=O) groups is 1. The Morgan fingerprint density at radius 3 is 3.00 bits per heavy atom. The zero-order valence-corrected chi connectivity index (χ0v) is 15.7. The van der Waals surface area contributed by atoms with Crippen LogP contribution in [-0.2, 0) is 4.79 Å². The van der Waals surface area contributed by atoms with Crippen molar-refractivity contribution in [1.29, 1.82) is 0 Å². The number of halogens is 1. The van der Waals surface area contributed by atoms with E-state index in [1.807, 2.05) is 0 Å². The van der Waals surface area contributed by atoms with Crippen LogP contribution in [0.25, 0.3) is 11.0 Å². The third kappa shape index (κ3) is 3.67. The Kier molecular flexibility index (Phi) is 4.96. The first-order chi connectivity index (χ1) is 14.1. The summed E-state index contributed by atoms with van der Waals surface area (Å²) in [7, 11) is 0. The first-order valence-corrected chi connectivity index (χ1v) is 9.24. The average molecular weight is 390 g/mol. The molecule has 0 aliphatic carbocycles. The molecule has 1 saturated heterocycles. The number of amides is 1. The topological polar surface area (TPSA) is 89.9 Å². The van der Waals surface area contributed by atoms with E-state index in [1.165, 1.54) is 24.5 Å². The van der Waals surface area contributed by atoms with Gasteiger partial charge in [-0.15, -0.1) is 0 Å². The van der Waals surface area contributed by atoms with Crippen LogP contribution in [0.2, 0.25) is 0 Å². The minimum absolute atomic E-state index is 0.0610. The van der Waals surface area contributed by atoms with E-state index in [4.69, 9.17) is 5.73 Å². The van der Waals surface area contributed by atoms with Crippen molar-refractivity contribution in [2.45, 2.75) is 18.9 Å². The van der Waals surface area contributed by atoms with Crippen LogP contribution < -0.4 is 5.73 Å². The van der Waals surface area contributed by atoms with E-state index >= 15 is 0 Å². The van der Waals surface area contributed by atoms with Crippen LogP contribution in [0, 0.1) is 17.7 Å². The van der Waals surface area contributed by atoms with Gasteiger partial charge in [0.2, 0.25) is 5.91 Å². The molecule has 8 heteroatoms. The Hall–Kier alpha value is -3.73. The molecule has 0 saturated carbocycles. The molecule has 1 unspecified atom stereocenters. The van der Waals surface area contributed by atoms with Gasteiger partial charge in [-0.3, -0.25) is 4.79 Å². The molecule has 0 bridgehead atoms. The fourth-order valence-corrected chi connectivity index (χ4v) is 3.52. The first kappa shape index (κ1) is 18.6. The second kappa shape index (κ2) is 7.72. The maximum atomic E-state index is 13.4. The number of nitrogens with zero attached hydrogens (tertiary/aromatic N) is 5. The first-order valence-electron chi connectivity index (χ1n) is 9.24. The second-order valence-corrected chi connectivity index (χ2v) is 6.80. The van der Waals surface area contributed by atoms with Gasteiger partial charge >= 0.3 is 0 Å². The van der Waals surface area contributed by atoms with Gasteiger partial charge < -0.3 is 10.6 Å². The van der Waals surface area contributed by atoms with Gasteiger partial charge in [-0.1, -0.05) is 18.6 Å². The Balaban J connectivity index is 1.76. The summed E-state index contributed by atoms with van der Waals surface area (Å²) in [6, 6.07) is 5.97.